The summed E-state index contributed by atoms with van der Waals surface area (Å²) in [5.74, 6) is 0.903. The minimum atomic E-state index is -0.486. The molecule has 2 aromatic carbocycles. The molecule has 0 aliphatic heterocycles. The van der Waals surface area contributed by atoms with E-state index < -0.39 is 11.6 Å². The molecule has 2 rings (SSSR count). The first-order chi connectivity index (χ1) is 12.5. The predicted octanol–water partition coefficient (Wildman–Crippen LogP) is 3.41. The molecule has 140 valence electrons. The van der Waals surface area contributed by atoms with Crippen LogP contribution in [0.4, 0.5) is 8.78 Å². The fourth-order valence-electron chi connectivity index (χ4n) is 2.51. The van der Waals surface area contributed by atoms with Crippen LogP contribution in [-0.4, -0.2) is 27.2 Å². The number of ether oxygens (including phenoxy) is 2. The zero-order chi connectivity index (χ0) is 19.1. The minimum Gasteiger partial charge on any atom is -0.497 e. The van der Waals surface area contributed by atoms with E-state index in [1.54, 1.807) is 21.3 Å². The molecular weight excluding hydrogens is 340 g/mol. The Labute approximate surface area is 152 Å². The van der Waals surface area contributed by atoms with E-state index >= 15 is 0 Å². The third-order valence-electron chi connectivity index (χ3n) is 3.93. The van der Waals surface area contributed by atoms with E-state index in [9.17, 15) is 8.78 Å². The number of hydrogen-bond acceptors (Lipinski definition) is 3. The Hall–Kier alpha value is -2.83. The molecule has 0 spiro atoms. The fraction of sp³-hybridized carbons (Fsp3) is 0.316. The molecule has 1 atom stereocenters. The molecule has 0 bridgehead atoms. The van der Waals surface area contributed by atoms with Crippen LogP contribution < -0.4 is 20.1 Å². The van der Waals surface area contributed by atoms with Crippen molar-refractivity contribution < 1.29 is 18.3 Å². The number of hydrogen-bond donors (Lipinski definition) is 2. The SMILES string of the molecule is CN=C(NCc1cc(F)ccc1F)NC(C)c1cc(OC)ccc1OC. The summed E-state index contributed by atoms with van der Waals surface area (Å²) in [7, 11) is 4.79. The van der Waals surface area contributed by atoms with E-state index in [0.29, 0.717) is 17.5 Å². The molecule has 0 amide bonds. The zero-order valence-corrected chi connectivity index (χ0v) is 15.3. The molecule has 0 heterocycles. The number of nitrogens with one attached hydrogen (secondary N) is 2. The lowest BCUT2D eigenvalue weighted by Crippen LogP contribution is -2.38. The molecule has 1 unspecified atom stereocenters. The topological polar surface area (TPSA) is 54.9 Å². The molecule has 0 aliphatic rings. The van der Waals surface area contributed by atoms with Gasteiger partial charge in [0, 0.05) is 24.7 Å². The second kappa shape index (κ2) is 9.03. The molecule has 26 heavy (non-hydrogen) atoms. The lowest BCUT2D eigenvalue weighted by atomic mass is 10.1. The Balaban J connectivity index is 2.09. The van der Waals surface area contributed by atoms with E-state index in [1.165, 1.54) is 0 Å². The van der Waals surface area contributed by atoms with Crippen molar-refractivity contribution in [2.24, 2.45) is 4.99 Å². The van der Waals surface area contributed by atoms with E-state index in [4.69, 9.17) is 9.47 Å². The maximum Gasteiger partial charge on any atom is 0.191 e. The van der Waals surface area contributed by atoms with Gasteiger partial charge in [-0.15, -0.1) is 0 Å². The monoisotopic (exact) mass is 363 g/mol. The number of benzene rings is 2. The highest BCUT2D eigenvalue weighted by atomic mass is 19.1. The summed E-state index contributed by atoms with van der Waals surface area (Å²) < 4.78 is 37.7. The van der Waals surface area contributed by atoms with E-state index in [0.717, 1.165) is 23.8 Å². The van der Waals surface area contributed by atoms with Crippen molar-refractivity contribution >= 4 is 5.96 Å². The number of rotatable bonds is 6. The van der Waals surface area contributed by atoms with Gasteiger partial charge in [-0.25, -0.2) is 8.78 Å². The predicted molar refractivity (Wildman–Crippen MR) is 97.7 cm³/mol. The third kappa shape index (κ3) is 4.84. The van der Waals surface area contributed by atoms with Crippen molar-refractivity contribution in [3.05, 3.63) is 59.2 Å². The molecule has 0 saturated carbocycles. The number of guanidine groups is 1. The molecule has 5 nitrogen and oxygen atoms in total. The molecule has 0 fully saturated rings. The quantitative estimate of drug-likeness (QED) is 0.610. The Morgan fingerprint density at radius 3 is 2.54 bits per heavy atom. The maximum atomic E-state index is 13.7. The molecule has 0 saturated heterocycles. The van der Waals surface area contributed by atoms with Crippen molar-refractivity contribution in [2.75, 3.05) is 21.3 Å². The summed E-state index contributed by atoms with van der Waals surface area (Å²) in [4.78, 5) is 4.12. The summed E-state index contributed by atoms with van der Waals surface area (Å²) in [5.41, 5.74) is 1.10. The van der Waals surface area contributed by atoms with Crippen LogP contribution in [-0.2, 0) is 6.54 Å². The summed E-state index contributed by atoms with van der Waals surface area (Å²) in [6, 6.07) is 8.69. The van der Waals surface area contributed by atoms with Crippen molar-refractivity contribution in [3.63, 3.8) is 0 Å². The third-order valence-corrected chi connectivity index (χ3v) is 3.93. The molecule has 0 aliphatic carbocycles. The first-order valence-electron chi connectivity index (χ1n) is 8.11. The van der Waals surface area contributed by atoms with E-state index in [-0.39, 0.29) is 18.2 Å². The second-order valence-corrected chi connectivity index (χ2v) is 5.64. The van der Waals surface area contributed by atoms with E-state index in [2.05, 4.69) is 15.6 Å². The number of nitrogens with zero attached hydrogens (tertiary/aromatic N) is 1. The van der Waals surface area contributed by atoms with Gasteiger partial charge < -0.3 is 20.1 Å². The van der Waals surface area contributed by atoms with Gasteiger partial charge in [-0.2, -0.15) is 0 Å². The Morgan fingerprint density at radius 2 is 1.88 bits per heavy atom. The van der Waals surface area contributed by atoms with Crippen LogP contribution in [0.2, 0.25) is 0 Å². The highest BCUT2D eigenvalue weighted by Crippen LogP contribution is 2.29. The van der Waals surface area contributed by atoms with Gasteiger partial charge in [-0.1, -0.05) is 0 Å². The average molecular weight is 363 g/mol. The molecule has 2 N–H and O–H groups in total. The van der Waals surface area contributed by atoms with Gasteiger partial charge in [0.15, 0.2) is 5.96 Å². The summed E-state index contributed by atoms with van der Waals surface area (Å²) in [6.45, 7) is 2.04. The lowest BCUT2D eigenvalue weighted by Gasteiger charge is -2.21. The first kappa shape index (κ1) is 19.5. The number of halogens is 2. The van der Waals surface area contributed by atoms with Gasteiger partial charge in [0.2, 0.25) is 0 Å². The van der Waals surface area contributed by atoms with Gasteiger partial charge in [0.25, 0.3) is 0 Å². The maximum absolute atomic E-state index is 13.7. The molecule has 0 radical (unpaired) electrons. The number of aliphatic imine (C=N–C) groups is 1. The van der Waals surface area contributed by atoms with Gasteiger partial charge in [0.05, 0.1) is 20.3 Å². The molecule has 2 aromatic rings. The summed E-state index contributed by atoms with van der Waals surface area (Å²) in [6.07, 6.45) is 0. The number of methoxy groups -OCH3 is 2. The van der Waals surface area contributed by atoms with Crippen molar-refractivity contribution in [3.8, 4) is 11.5 Å². The smallest absolute Gasteiger partial charge is 0.191 e. The van der Waals surface area contributed by atoms with Crippen molar-refractivity contribution in [1.82, 2.24) is 10.6 Å². The highest BCUT2D eigenvalue weighted by Gasteiger charge is 2.14. The molecule has 0 aromatic heterocycles. The van der Waals surface area contributed by atoms with Crippen LogP contribution >= 0.6 is 0 Å². The Kier molecular flexibility index (Phi) is 6.77. The second-order valence-electron chi connectivity index (χ2n) is 5.64. The largest absolute Gasteiger partial charge is 0.497 e. The van der Waals surface area contributed by atoms with Crippen LogP contribution in [0.15, 0.2) is 41.4 Å². The summed E-state index contributed by atoms with van der Waals surface area (Å²) >= 11 is 0. The highest BCUT2D eigenvalue weighted by molar-refractivity contribution is 5.80. The summed E-state index contributed by atoms with van der Waals surface area (Å²) in [5, 5.41) is 6.18. The van der Waals surface area contributed by atoms with Crippen molar-refractivity contribution in [1.29, 1.82) is 0 Å². The Bertz CT molecular complexity index is 781. The van der Waals surface area contributed by atoms with Crippen molar-refractivity contribution in [2.45, 2.75) is 19.5 Å². The van der Waals surface area contributed by atoms with Gasteiger partial charge >= 0.3 is 0 Å². The fourth-order valence-corrected chi connectivity index (χ4v) is 2.51. The van der Waals surface area contributed by atoms with Crippen LogP contribution in [0, 0.1) is 11.6 Å². The van der Waals surface area contributed by atoms with Crippen LogP contribution in [0.1, 0.15) is 24.1 Å². The zero-order valence-electron chi connectivity index (χ0n) is 15.3. The van der Waals surface area contributed by atoms with Gasteiger partial charge in [-0.3, -0.25) is 4.99 Å². The van der Waals surface area contributed by atoms with Gasteiger partial charge in [-0.05, 0) is 43.3 Å². The first-order valence-corrected chi connectivity index (χ1v) is 8.11. The molecule has 7 heteroatoms. The molecular formula is C19H23F2N3O2. The standard InChI is InChI=1S/C19H23F2N3O2/c1-12(16-10-15(25-3)6-8-18(16)26-4)24-19(22-2)23-11-13-9-14(20)5-7-17(13)21/h5-10,12H,11H2,1-4H3,(H2,22,23,24). The van der Waals surface area contributed by atoms with Crippen LogP contribution in [0.5, 0.6) is 11.5 Å². The van der Waals surface area contributed by atoms with Gasteiger partial charge in [0.1, 0.15) is 23.1 Å². The van der Waals surface area contributed by atoms with Crippen LogP contribution in [0.3, 0.4) is 0 Å². The van der Waals surface area contributed by atoms with E-state index in [1.807, 2.05) is 25.1 Å². The minimum absolute atomic E-state index is 0.102. The normalized spacial score (nSPS) is 12.5. The lowest BCUT2D eigenvalue weighted by molar-refractivity contribution is 0.394. The average Bonchev–Trinajstić information content (AvgIpc) is 2.66. The Morgan fingerprint density at radius 1 is 1.12 bits per heavy atom. The van der Waals surface area contributed by atoms with Crippen LogP contribution in [0.25, 0.3) is 0 Å².